The Morgan fingerprint density at radius 2 is 2.05 bits per heavy atom. The van der Waals surface area contributed by atoms with Crippen LogP contribution in [0.4, 0.5) is 5.69 Å². The fourth-order valence-electron chi connectivity index (χ4n) is 2.24. The smallest absolute Gasteiger partial charge is 0.222 e. The van der Waals surface area contributed by atoms with Gasteiger partial charge in [0, 0.05) is 22.0 Å². The molecule has 0 saturated carbocycles. The molecule has 0 spiro atoms. The third-order valence-electron chi connectivity index (χ3n) is 3.27. The van der Waals surface area contributed by atoms with Gasteiger partial charge in [0.05, 0.1) is 5.69 Å². The molecule has 1 aliphatic rings. The van der Waals surface area contributed by atoms with Crippen molar-refractivity contribution in [1.82, 2.24) is 0 Å². The Morgan fingerprint density at radius 3 is 2.81 bits per heavy atom. The predicted molar refractivity (Wildman–Crippen MR) is 83.5 cm³/mol. The number of halogens is 2. The molecule has 0 amide bonds. The number of alkyl halides is 1. The molecule has 1 atom stereocenters. The van der Waals surface area contributed by atoms with Crippen LogP contribution in [-0.4, -0.2) is 12.2 Å². The van der Waals surface area contributed by atoms with E-state index in [2.05, 4.69) is 4.99 Å². The molecule has 5 heteroatoms. The molecule has 21 heavy (non-hydrogen) atoms. The fourth-order valence-corrected chi connectivity index (χ4v) is 2.64. The van der Waals surface area contributed by atoms with Crippen LogP contribution in [0.3, 0.4) is 0 Å². The van der Waals surface area contributed by atoms with Crippen molar-refractivity contribution >= 4 is 41.1 Å². The van der Waals surface area contributed by atoms with Crippen LogP contribution in [0, 0.1) is 0 Å². The summed E-state index contributed by atoms with van der Waals surface area (Å²) in [6.07, 6.45) is 0.0678. The van der Waals surface area contributed by atoms with Gasteiger partial charge >= 0.3 is 0 Å². The lowest BCUT2D eigenvalue weighted by molar-refractivity contribution is -0.114. The van der Waals surface area contributed by atoms with E-state index >= 15 is 0 Å². The molecule has 3 rings (SSSR count). The third kappa shape index (κ3) is 2.67. The van der Waals surface area contributed by atoms with Crippen LogP contribution in [0.15, 0.2) is 47.5 Å². The van der Waals surface area contributed by atoms with E-state index in [1.807, 2.05) is 24.3 Å². The van der Waals surface area contributed by atoms with Gasteiger partial charge in [-0.15, -0.1) is 11.6 Å². The summed E-state index contributed by atoms with van der Waals surface area (Å²) in [6.45, 7) is 0. The van der Waals surface area contributed by atoms with Crippen molar-refractivity contribution in [1.29, 1.82) is 0 Å². The second-order valence-electron chi connectivity index (χ2n) is 4.59. The SMILES string of the molecule is O=CC1OC(c2ccccc2CCl)=Nc2cc(Cl)ccc21. The minimum Gasteiger partial charge on any atom is -0.461 e. The monoisotopic (exact) mass is 319 g/mol. The van der Waals surface area contributed by atoms with Gasteiger partial charge in [-0.2, -0.15) is 0 Å². The molecule has 1 aliphatic heterocycles. The van der Waals surface area contributed by atoms with E-state index in [4.69, 9.17) is 27.9 Å². The van der Waals surface area contributed by atoms with E-state index in [0.29, 0.717) is 28.1 Å². The number of benzene rings is 2. The standard InChI is InChI=1S/C16H11Cl2NO2/c17-8-10-3-1-2-4-12(10)16-19-14-7-11(18)5-6-13(14)15(9-20)21-16/h1-7,9,15H,8H2. The number of hydrogen-bond donors (Lipinski definition) is 0. The average Bonchev–Trinajstić information content (AvgIpc) is 2.53. The zero-order chi connectivity index (χ0) is 14.8. The number of hydrogen-bond acceptors (Lipinski definition) is 3. The third-order valence-corrected chi connectivity index (χ3v) is 3.80. The molecular formula is C16H11Cl2NO2. The lowest BCUT2D eigenvalue weighted by Gasteiger charge is -2.23. The van der Waals surface area contributed by atoms with Crippen molar-refractivity contribution in [3.05, 3.63) is 64.2 Å². The minimum absolute atomic E-state index is 0.340. The van der Waals surface area contributed by atoms with E-state index in [0.717, 1.165) is 17.4 Å². The highest BCUT2D eigenvalue weighted by molar-refractivity contribution is 6.30. The van der Waals surface area contributed by atoms with Gasteiger partial charge in [-0.25, -0.2) is 4.99 Å². The molecule has 2 aromatic rings. The predicted octanol–water partition coefficient (Wildman–Crippen LogP) is 4.43. The molecule has 0 saturated heterocycles. The molecule has 2 aromatic carbocycles. The van der Waals surface area contributed by atoms with Crippen molar-refractivity contribution in [3.8, 4) is 0 Å². The summed E-state index contributed by atoms with van der Waals surface area (Å²) < 4.78 is 5.71. The maximum Gasteiger partial charge on any atom is 0.222 e. The van der Waals surface area contributed by atoms with E-state index in [-0.39, 0.29) is 0 Å². The number of carbonyl (C=O) groups excluding carboxylic acids is 1. The lowest BCUT2D eigenvalue weighted by atomic mass is 10.0. The quantitative estimate of drug-likeness (QED) is 0.620. The van der Waals surface area contributed by atoms with E-state index in [1.54, 1.807) is 18.2 Å². The van der Waals surface area contributed by atoms with Crippen LogP contribution in [0.1, 0.15) is 22.8 Å². The number of aldehydes is 1. The van der Waals surface area contributed by atoms with Crippen LogP contribution >= 0.6 is 23.2 Å². The highest BCUT2D eigenvalue weighted by atomic mass is 35.5. The van der Waals surface area contributed by atoms with Gasteiger partial charge < -0.3 is 4.74 Å². The Kier molecular flexibility index (Phi) is 3.95. The first-order chi connectivity index (χ1) is 10.2. The number of ether oxygens (including phenoxy) is 1. The molecule has 0 aromatic heterocycles. The maximum atomic E-state index is 11.3. The van der Waals surface area contributed by atoms with Crippen molar-refractivity contribution in [2.45, 2.75) is 12.0 Å². The van der Waals surface area contributed by atoms with E-state index in [9.17, 15) is 4.79 Å². The number of carbonyl (C=O) groups is 1. The first-order valence-corrected chi connectivity index (χ1v) is 7.28. The van der Waals surface area contributed by atoms with Gasteiger partial charge in [0.1, 0.15) is 0 Å². The molecule has 1 unspecified atom stereocenters. The summed E-state index contributed by atoms with van der Waals surface area (Å²) >= 11 is 11.9. The Labute approximate surface area is 132 Å². The number of aliphatic imine (C=N–C) groups is 1. The molecule has 0 fully saturated rings. The second kappa shape index (κ2) is 5.88. The second-order valence-corrected chi connectivity index (χ2v) is 5.29. The Balaban J connectivity index is 2.14. The Bertz CT molecular complexity index is 728. The molecule has 0 N–H and O–H groups in total. The van der Waals surface area contributed by atoms with Crippen LogP contribution in [0.2, 0.25) is 5.02 Å². The highest BCUT2D eigenvalue weighted by Crippen LogP contribution is 2.35. The summed E-state index contributed by atoms with van der Waals surface area (Å²) in [6, 6.07) is 12.7. The lowest BCUT2D eigenvalue weighted by Crippen LogP contribution is -2.18. The zero-order valence-corrected chi connectivity index (χ0v) is 12.4. The first kappa shape index (κ1) is 14.1. The minimum atomic E-state index is -0.687. The first-order valence-electron chi connectivity index (χ1n) is 6.37. The zero-order valence-electron chi connectivity index (χ0n) is 10.9. The summed E-state index contributed by atoms with van der Waals surface area (Å²) in [5, 5.41) is 0.564. The van der Waals surface area contributed by atoms with Crippen LogP contribution in [-0.2, 0) is 15.4 Å². The number of nitrogens with zero attached hydrogens (tertiary/aromatic N) is 1. The Hall–Kier alpha value is -1.84. The van der Waals surface area contributed by atoms with Crippen molar-refractivity contribution in [2.75, 3.05) is 0 Å². The molecule has 3 nitrogen and oxygen atoms in total. The van der Waals surface area contributed by atoms with Gasteiger partial charge in [-0.3, -0.25) is 4.79 Å². The maximum absolute atomic E-state index is 11.3. The van der Waals surface area contributed by atoms with E-state index < -0.39 is 6.10 Å². The summed E-state index contributed by atoms with van der Waals surface area (Å²) in [7, 11) is 0. The molecule has 0 bridgehead atoms. The van der Waals surface area contributed by atoms with Gasteiger partial charge in [0.15, 0.2) is 12.4 Å². The average molecular weight is 320 g/mol. The molecular weight excluding hydrogens is 309 g/mol. The summed E-state index contributed by atoms with van der Waals surface area (Å²) in [4.78, 5) is 15.8. The number of fused-ring (bicyclic) bond motifs is 1. The topological polar surface area (TPSA) is 38.7 Å². The normalized spacial score (nSPS) is 16.7. The van der Waals surface area contributed by atoms with Crippen molar-refractivity contribution < 1.29 is 9.53 Å². The van der Waals surface area contributed by atoms with Gasteiger partial charge in [0.2, 0.25) is 5.90 Å². The van der Waals surface area contributed by atoms with Crippen LogP contribution in [0.25, 0.3) is 0 Å². The summed E-state index contributed by atoms with van der Waals surface area (Å²) in [5.41, 5.74) is 3.03. The van der Waals surface area contributed by atoms with Gasteiger partial charge in [-0.05, 0) is 23.8 Å². The van der Waals surface area contributed by atoms with Gasteiger partial charge in [-0.1, -0.05) is 35.9 Å². The van der Waals surface area contributed by atoms with Crippen LogP contribution in [0.5, 0.6) is 0 Å². The van der Waals surface area contributed by atoms with E-state index in [1.165, 1.54) is 0 Å². The van der Waals surface area contributed by atoms with Gasteiger partial charge in [0.25, 0.3) is 0 Å². The van der Waals surface area contributed by atoms with Crippen molar-refractivity contribution in [2.24, 2.45) is 4.99 Å². The Morgan fingerprint density at radius 1 is 1.24 bits per heavy atom. The van der Waals surface area contributed by atoms with Crippen LogP contribution < -0.4 is 0 Å². The van der Waals surface area contributed by atoms with Crippen molar-refractivity contribution in [3.63, 3.8) is 0 Å². The highest BCUT2D eigenvalue weighted by Gasteiger charge is 2.25. The summed E-state index contributed by atoms with van der Waals surface area (Å²) in [5.74, 6) is 0.727. The number of rotatable bonds is 3. The molecule has 106 valence electrons. The molecule has 0 radical (unpaired) electrons. The largest absolute Gasteiger partial charge is 0.461 e. The molecule has 0 aliphatic carbocycles. The molecule has 1 heterocycles. The fraction of sp³-hybridized carbons (Fsp3) is 0.125.